The zero-order valence-corrected chi connectivity index (χ0v) is 19.0. The SMILES string of the molecule is CCOc1ccc(C(=O)NC(C(=O)Nc2ccc(Cn3ccnc3C)cc2)C(C)C)cc1. The minimum Gasteiger partial charge on any atom is -0.494 e. The van der Waals surface area contributed by atoms with Gasteiger partial charge >= 0.3 is 0 Å². The molecule has 0 radical (unpaired) electrons. The average Bonchev–Trinajstić information content (AvgIpc) is 3.18. The minimum atomic E-state index is -0.664. The van der Waals surface area contributed by atoms with Gasteiger partial charge < -0.3 is 19.9 Å². The number of benzene rings is 2. The van der Waals surface area contributed by atoms with Gasteiger partial charge in [0.2, 0.25) is 5.91 Å². The van der Waals surface area contributed by atoms with Crippen molar-refractivity contribution in [1.29, 1.82) is 0 Å². The lowest BCUT2D eigenvalue weighted by Crippen LogP contribution is -2.47. The Balaban J connectivity index is 1.62. The molecule has 0 fully saturated rings. The standard InChI is InChI=1S/C25H30N4O3/c1-5-32-22-12-8-20(9-13-22)24(30)28-23(17(2)3)25(31)27-21-10-6-19(7-11-21)16-29-15-14-26-18(29)4/h6-15,17,23H,5,16H2,1-4H3,(H,27,31)(H,28,30). The van der Waals surface area contributed by atoms with E-state index in [1.54, 1.807) is 30.5 Å². The summed E-state index contributed by atoms with van der Waals surface area (Å²) in [5, 5.41) is 5.76. The first kappa shape index (κ1) is 23.1. The van der Waals surface area contributed by atoms with Crippen molar-refractivity contribution in [3.8, 4) is 5.75 Å². The van der Waals surface area contributed by atoms with E-state index in [4.69, 9.17) is 4.74 Å². The van der Waals surface area contributed by atoms with Gasteiger partial charge in [0.25, 0.3) is 5.91 Å². The number of carbonyl (C=O) groups excluding carboxylic acids is 2. The van der Waals surface area contributed by atoms with Crippen molar-refractivity contribution in [1.82, 2.24) is 14.9 Å². The number of imidazole rings is 1. The quantitative estimate of drug-likeness (QED) is 0.532. The van der Waals surface area contributed by atoms with Gasteiger partial charge in [0.1, 0.15) is 17.6 Å². The Kier molecular flexibility index (Phi) is 7.65. The average molecular weight is 435 g/mol. The van der Waals surface area contributed by atoms with Crippen molar-refractivity contribution < 1.29 is 14.3 Å². The van der Waals surface area contributed by atoms with Crippen LogP contribution < -0.4 is 15.4 Å². The fourth-order valence-corrected chi connectivity index (χ4v) is 3.31. The largest absolute Gasteiger partial charge is 0.494 e. The number of aryl methyl sites for hydroxylation is 1. The van der Waals surface area contributed by atoms with Crippen molar-refractivity contribution in [3.05, 3.63) is 77.9 Å². The van der Waals surface area contributed by atoms with E-state index >= 15 is 0 Å². The highest BCUT2D eigenvalue weighted by atomic mass is 16.5. The molecule has 1 heterocycles. The van der Waals surface area contributed by atoms with E-state index in [0.29, 0.717) is 30.2 Å². The highest BCUT2D eigenvalue weighted by molar-refractivity contribution is 6.01. The third kappa shape index (κ3) is 5.97. The minimum absolute atomic E-state index is 0.0786. The Morgan fingerprint density at radius 3 is 2.31 bits per heavy atom. The molecule has 1 atom stereocenters. The second-order valence-electron chi connectivity index (χ2n) is 7.94. The Labute approximate surface area is 188 Å². The van der Waals surface area contributed by atoms with Gasteiger partial charge in [-0.25, -0.2) is 4.98 Å². The molecule has 2 N–H and O–H groups in total. The van der Waals surface area contributed by atoms with Crippen LogP contribution in [0.3, 0.4) is 0 Å². The highest BCUT2D eigenvalue weighted by Gasteiger charge is 2.25. The number of hydrogen-bond donors (Lipinski definition) is 2. The molecule has 1 aromatic heterocycles. The number of nitrogens with zero attached hydrogens (tertiary/aromatic N) is 2. The van der Waals surface area contributed by atoms with E-state index in [1.165, 1.54) is 0 Å². The Morgan fingerprint density at radius 2 is 1.75 bits per heavy atom. The Hall–Kier alpha value is -3.61. The predicted octanol–water partition coefficient (Wildman–Crippen LogP) is 4.03. The third-order valence-corrected chi connectivity index (χ3v) is 5.16. The molecular weight excluding hydrogens is 404 g/mol. The van der Waals surface area contributed by atoms with Crippen LogP contribution in [0.25, 0.3) is 0 Å². The fourth-order valence-electron chi connectivity index (χ4n) is 3.31. The van der Waals surface area contributed by atoms with Gasteiger partial charge in [-0.05, 0) is 61.7 Å². The van der Waals surface area contributed by atoms with Gasteiger partial charge in [-0.3, -0.25) is 9.59 Å². The maximum Gasteiger partial charge on any atom is 0.251 e. The molecule has 7 nitrogen and oxygen atoms in total. The molecule has 7 heteroatoms. The summed E-state index contributed by atoms with van der Waals surface area (Å²) in [6, 6.07) is 13.9. The van der Waals surface area contributed by atoms with Crippen LogP contribution in [0.15, 0.2) is 60.9 Å². The fraction of sp³-hybridized carbons (Fsp3) is 0.320. The topological polar surface area (TPSA) is 85.2 Å². The number of carbonyl (C=O) groups is 2. The molecule has 0 spiro atoms. The molecular formula is C25H30N4O3. The van der Waals surface area contributed by atoms with Gasteiger partial charge in [-0.15, -0.1) is 0 Å². The van der Waals surface area contributed by atoms with Gasteiger partial charge in [-0.2, -0.15) is 0 Å². The van der Waals surface area contributed by atoms with Gasteiger partial charge in [0, 0.05) is 30.2 Å². The highest BCUT2D eigenvalue weighted by Crippen LogP contribution is 2.15. The van der Waals surface area contributed by atoms with Crippen LogP contribution in [-0.4, -0.2) is 34.0 Å². The number of aromatic nitrogens is 2. The first-order chi connectivity index (χ1) is 15.4. The summed E-state index contributed by atoms with van der Waals surface area (Å²) in [6.07, 6.45) is 3.71. The first-order valence-corrected chi connectivity index (χ1v) is 10.8. The normalized spacial score (nSPS) is 11.8. The maximum absolute atomic E-state index is 12.9. The van der Waals surface area contributed by atoms with Crippen molar-refractivity contribution in [2.24, 2.45) is 5.92 Å². The Bertz CT molecular complexity index is 1040. The van der Waals surface area contributed by atoms with E-state index in [1.807, 2.05) is 58.2 Å². The lowest BCUT2D eigenvalue weighted by Gasteiger charge is -2.22. The van der Waals surface area contributed by atoms with Crippen LogP contribution in [0.1, 0.15) is 42.5 Å². The van der Waals surface area contributed by atoms with Gasteiger partial charge in [0.05, 0.1) is 6.61 Å². The maximum atomic E-state index is 12.9. The molecule has 0 aliphatic heterocycles. The zero-order chi connectivity index (χ0) is 23.1. The molecule has 3 rings (SSSR count). The number of amides is 2. The molecule has 2 aromatic carbocycles. The summed E-state index contributed by atoms with van der Waals surface area (Å²) >= 11 is 0. The summed E-state index contributed by atoms with van der Waals surface area (Å²) in [5.41, 5.74) is 2.27. The number of ether oxygens (including phenoxy) is 1. The molecule has 0 aliphatic rings. The van der Waals surface area contributed by atoms with E-state index in [2.05, 4.69) is 20.2 Å². The van der Waals surface area contributed by atoms with Crippen molar-refractivity contribution in [2.75, 3.05) is 11.9 Å². The van der Waals surface area contributed by atoms with Crippen LogP contribution in [0.4, 0.5) is 5.69 Å². The number of anilines is 1. The molecule has 32 heavy (non-hydrogen) atoms. The molecule has 0 bridgehead atoms. The van der Waals surface area contributed by atoms with Crippen molar-refractivity contribution in [3.63, 3.8) is 0 Å². The zero-order valence-electron chi connectivity index (χ0n) is 19.0. The van der Waals surface area contributed by atoms with Crippen molar-refractivity contribution in [2.45, 2.75) is 40.3 Å². The number of hydrogen-bond acceptors (Lipinski definition) is 4. The summed E-state index contributed by atoms with van der Waals surface area (Å²) in [5.74, 6) is 1.02. The van der Waals surface area contributed by atoms with E-state index in [-0.39, 0.29) is 17.7 Å². The van der Waals surface area contributed by atoms with Crippen LogP contribution in [-0.2, 0) is 11.3 Å². The summed E-state index contributed by atoms with van der Waals surface area (Å²) in [4.78, 5) is 29.8. The lowest BCUT2D eigenvalue weighted by atomic mass is 10.0. The molecule has 0 aliphatic carbocycles. The smallest absolute Gasteiger partial charge is 0.251 e. The first-order valence-electron chi connectivity index (χ1n) is 10.8. The second kappa shape index (κ2) is 10.6. The molecule has 2 amide bonds. The van der Waals surface area contributed by atoms with Crippen LogP contribution >= 0.6 is 0 Å². The van der Waals surface area contributed by atoms with Gasteiger partial charge in [-0.1, -0.05) is 26.0 Å². The lowest BCUT2D eigenvalue weighted by molar-refractivity contribution is -0.118. The molecule has 0 saturated carbocycles. The second-order valence-corrected chi connectivity index (χ2v) is 7.94. The summed E-state index contributed by atoms with van der Waals surface area (Å²) in [6.45, 7) is 8.94. The molecule has 0 saturated heterocycles. The summed E-state index contributed by atoms with van der Waals surface area (Å²) in [7, 11) is 0. The molecule has 1 unspecified atom stereocenters. The van der Waals surface area contributed by atoms with Gasteiger partial charge in [0.15, 0.2) is 0 Å². The molecule has 168 valence electrons. The number of nitrogens with one attached hydrogen (secondary N) is 2. The van der Waals surface area contributed by atoms with Crippen LogP contribution in [0.5, 0.6) is 5.75 Å². The Morgan fingerprint density at radius 1 is 1.06 bits per heavy atom. The van der Waals surface area contributed by atoms with Crippen molar-refractivity contribution >= 4 is 17.5 Å². The monoisotopic (exact) mass is 434 g/mol. The van der Waals surface area contributed by atoms with Crippen LogP contribution in [0.2, 0.25) is 0 Å². The molecule has 3 aromatic rings. The van der Waals surface area contributed by atoms with E-state index < -0.39 is 6.04 Å². The van der Waals surface area contributed by atoms with E-state index in [0.717, 1.165) is 11.4 Å². The third-order valence-electron chi connectivity index (χ3n) is 5.16. The van der Waals surface area contributed by atoms with Crippen LogP contribution in [0, 0.1) is 12.8 Å². The summed E-state index contributed by atoms with van der Waals surface area (Å²) < 4.78 is 7.46. The van der Waals surface area contributed by atoms with E-state index in [9.17, 15) is 9.59 Å². The number of rotatable bonds is 9. The predicted molar refractivity (Wildman–Crippen MR) is 125 cm³/mol.